The zero-order valence-corrected chi connectivity index (χ0v) is 16.4. The molecule has 1 aromatic rings. The zero-order chi connectivity index (χ0) is 20.6. The Hall–Kier alpha value is -2.46. The molecule has 0 bridgehead atoms. The van der Waals surface area contributed by atoms with Gasteiger partial charge in [0.1, 0.15) is 5.00 Å². The van der Waals surface area contributed by atoms with Crippen LogP contribution in [-0.4, -0.2) is 65.2 Å². The molecular weight excluding hydrogens is 376 g/mol. The first-order valence-electron chi connectivity index (χ1n) is 8.42. The number of nitrogens with one attached hydrogen (secondary N) is 1. The van der Waals surface area contributed by atoms with Crippen molar-refractivity contribution >= 4 is 40.2 Å². The number of hydrogen-bond donors (Lipinski definition) is 3. The third-order valence-corrected chi connectivity index (χ3v) is 4.99. The van der Waals surface area contributed by atoms with Crippen LogP contribution in [0.15, 0.2) is 0 Å². The second-order valence-electron chi connectivity index (χ2n) is 5.85. The molecule has 0 unspecified atom stereocenters. The Bertz CT molecular complexity index is 696. The number of likely N-dealkylation sites (tertiary alicyclic amines) is 1. The first kappa shape index (κ1) is 22.6. The molecule has 0 saturated carbocycles. The van der Waals surface area contributed by atoms with Gasteiger partial charge in [0, 0.05) is 4.88 Å². The fourth-order valence-corrected chi connectivity index (χ4v) is 3.54. The lowest BCUT2D eigenvalue weighted by molar-refractivity contribution is -0.159. The number of hydrogen-bond acceptors (Lipinski definition) is 7. The molecule has 1 aliphatic heterocycles. The van der Waals surface area contributed by atoms with Crippen molar-refractivity contribution in [1.29, 1.82) is 0 Å². The number of ether oxygens (including phenoxy) is 1. The Kier molecular flexibility index (Phi) is 8.89. The van der Waals surface area contributed by atoms with E-state index >= 15 is 0 Å². The van der Waals surface area contributed by atoms with Crippen LogP contribution >= 0.6 is 11.3 Å². The highest BCUT2D eigenvalue weighted by molar-refractivity contribution is 7.16. The van der Waals surface area contributed by atoms with E-state index in [9.17, 15) is 9.59 Å². The van der Waals surface area contributed by atoms with E-state index in [0.29, 0.717) is 23.7 Å². The van der Waals surface area contributed by atoms with Gasteiger partial charge in [0.25, 0.3) is 0 Å². The van der Waals surface area contributed by atoms with E-state index in [4.69, 9.17) is 24.5 Å². The Morgan fingerprint density at radius 3 is 2.15 bits per heavy atom. The number of carboxylic acids is 2. The molecule has 0 radical (unpaired) electrons. The van der Waals surface area contributed by atoms with E-state index in [1.54, 1.807) is 6.92 Å². The molecule has 0 aromatic carbocycles. The third-order valence-electron chi connectivity index (χ3n) is 3.87. The van der Waals surface area contributed by atoms with Gasteiger partial charge < -0.3 is 20.3 Å². The summed E-state index contributed by atoms with van der Waals surface area (Å²) in [7, 11) is 0. The summed E-state index contributed by atoms with van der Waals surface area (Å²) in [5, 5.41) is 18.3. The van der Waals surface area contributed by atoms with Crippen LogP contribution in [0.2, 0.25) is 0 Å². The summed E-state index contributed by atoms with van der Waals surface area (Å²) in [4.78, 5) is 45.5. The average molecular weight is 400 g/mol. The minimum absolute atomic E-state index is 0.0660. The number of aryl methyl sites for hydroxylation is 1. The van der Waals surface area contributed by atoms with Crippen molar-refractivity contribution in [3.63, 3.8) is 0 Å². The number of amides is 1. The van der Waals surface area contributed by atoms with Crippen LogP contribution in [0.3, 0.4) is 0 Å². The molecule has 1 aromatic heterocycles. The maximum absolute atomic E-state index is 12.1. The average Bonchev–Trinajstić information content (AvgIpc) is 3.17. The number of nitrogens with zero attached hydrogens (tertiary/aromatic N) is 1. The van der Waals surface area contributed by atoms with E-state index in [-0.39, 0.29) is 11.9 Å². The molecule has 0 aliphatic carbocycles. The van der Waals surface area contributed by atoms with Crippen LogP contribution in [0, 0.1) is 13.8 Å². The Morgan fingerprint density at radius 1 is 1.11 bits per heavy atom. The highest BCUT2D eigenvalue weighted by atomic mass is 32.1. The maximum Gasteiger partial charge on any atom is 0.414 e. The fourth-order valence-electron chi connectivity index (χ4n) is 2.47. The Morgan fingerprint density at radius 2 is 1.67 bits per heavy atom. The lowest BCUT2D eigenvalue weighted by Gasteiger charge is -2.14. The van der Waals surface area contributed by atoms with Gasteiger partial charge in [0.15, 0.2) is 0 Å². The summed E-state index contributed by atoms with van der Waals surface area (Å²) >= 11 is 1.43. The first-order chi connectivity index (χ1) is 12.7. The van der Waals surface area contributed by atoms with E-state index in [1.165, 1.54) is 11.3 Å². The second-order valence-corrected chi connectivity index (χ2v) is 7.07. The van der Waals surface area contributed by atoms with Gasteiger partial charge in [0.05, 0.1) is 18.7 Å². The molecule has 27 heavy (non-hydrogen) atoms. The number of aliphatic carboxylic acids is 2. The third kappa shape index (κ3) is 6.99. The molecule has 3 N–H and O–H groups in total. The van der Waals surface area contributed by atoms with Gasteiger partial charge in [-0.2, -0.15) is 0 Å². The normalized spacial score (nSPS) is 13.4. The van der Waals surface area contributed by atoms with Gasteiger partial charge in [-0.1, -0.05) is 0 Å². The number of thiophene rings is 1. The molecule has 2 rings (SSSR count). The summed E-state index contributed by atoms with van der Waals surface area (Å²) in [6, 6.07) is 0. The van der Waals surface area contributed by atoms with Crippen molar-refractivity contribution in [2.45, 2.75) is 33.6 Å². The zero-order valence-electron chi connectivity index (χ0n) is 15.5. The fraction of sp³-hybridized carbons (Fsp3) is 0.529. The molecule has 0 spiro atoms. The number of carbonyl (C=O) groups is 4. The van der Waals surface area contributed by atoms with Gasteiger partial charge >= 0.3 is 17.9 Å². The van der Waals surface area contributed by atoms with Gasteiger partial charge in [-0.25, -0.2) is 14.4 Å². The minimum Gasteiger partial charge on any atom is -0.473 e. The summed E-state index contributed by atoms with van der Waals surface area (Å²) in [6.45, 7) is 8.26. The quantitative estimate of drug-likeness (QED) is 0.503. The van der Waals surface area contributed by atoms with Crippen molar-refractivity contribution < 1.29 is 34.1 Å². The van der Waals surface area contributed by atoms with Crippen molar-refractivity contribution in [2.75, 3.05) is 31.6 Å². The van der Waals surface area contributed by atoms with Gasteiger partial charge in [-0.05, 0) is 52.3 Å². The highest BCUT2D eigenvalue weighted by Gasteiger charge is 2.23. The van der Waals surface area contributed by atoms with Crippen LogP contribution in [-0.2, 0) is 19.1 Å². The molecule has 1 aliphatic rings. The number of anilines is 1. The van der Waals surface area contributed by atoms with Gasteiger partial charge in [0.2, 0.25) is 5.91 Å². The monoisotopic (exact) mass is 400 g/mol. The molecule has 0 atom stereocenters. The molecular formula is C17H24N2O7S. The standard InChI is InChI=1S/C15H22N2O3S.C2H2O4/c1-4-20-15(19)13-10(2)11(3)21-14(13)16-12(18)9-17-7-5-6-8-17;3-1(4)2(5)6/h4-9H2,1-3H3,(H,16,18);(H,3,4)(H,5,6). The molecule has 2 heterocycles. The number of carboxylic acid groups (broad SMARTS) is 2. The first-order valence-corrected chi connectivity index (χ1v) is 9.24. The largest absolute Gasteiger partial charge is 0.473 e. The SMILES string of the molecule is CCOC(=O)c1c(NC(=O)CN2CCCC2)sc(C)c1C.O=C(O)C(=O)O. The summed E-state index contributed by atoms with van der Waals surface area (Å²) < 4.78 is 5.08. The predicted octanol–water partition coefficient (Wildman–Crippen LogP) is 1.73. The lowest BCUT2D eigenvalue weighted by Crippen LogP contribution is -2.31. The van der Waals surface area contributed by atoms with Gasteiger partial charge in [-0.15, -0.1) is 11.3 Å². The van der Waals surface area contributed by atoms with E-state index in [0.717, 1.165) is 36.4 Å². The molecule has 1 amide bonds. The van der Waals surface area contributed by atoms with Crippen LogP contribution < -0.4 is 5.32 Å². The van der Waals surface area contributed by atoms with Gasteiger partial charge in [-0.3, -0.25) is 9.69 Å². The number of rotatable bonds is 5. The smallest absolute Gasteiger partial charge is 0.414 e. The lowest BCUT2D eigenvalue weighted by atomic mass is 10.1. The summed E-state index contributed by atoms with van der Waals surface area (Å²) in [5.41, 5.74) is 1.38. The van der Waals surface area contributed by atoms with Crippen LogP contribution in [0.4, 0.5) is 5.00 Å². The van der Waals surface area contributed by atoms with E-state index in [2.05, 4.69) is 10.2 Å². The predicted molar refractivity (Wildman–Crippen MR) is 99.3 cm³/mol. The van der Waals surface area contributed by atoms with Crippen LogP contribution in [0.1, 0.15) is 40.6 Å². The Balaban J connectivity index is 0.000000527. The molecule has 1 fully saturated rings. The molecule has 1 saturated heterocycles. The summed E-state index contributed by atoms with van der Waals surface area (Å²) in [6.07, 6.45) is 2.30. The minimum atomic E-state index is -1.82. The second kappa shape index (κ2) is 10.6. The number of esters is 1. The maximum atomic E-state index is 12.1. The molecule has 10 heteroatoms. The molecule has 9 nitrogen and oxygen atoms in total. The number of carbonyl (C=O) groups excluding carboxylic acids is 2. The van der Waals surface area contributed by atoms with Crippen molar-refractivity contribution in [3.8, 4) is 0 Å². The Labute approximate surface area is 160 Å². The molecule has 150 valence electrons. The summed E-state index contributed by atoms with van der Waals surface area (Å²) in [5.74, 6) is -4.08. The van der Waals surface area contributed by atoms with Crippen LogP contribution in [0.25, 0.3) is 0 Å². The van der Waals surface area contributed by atoms with Crippen molar-refractivity contribution in [1.82, 2.24) is 4.90 Å². The van der Waals surface area contributed by atoms with Crippen molar-refractivity contribution in [3.05, 3.63) is 16.0 Å². The van der Waals surface area contributed by atoms with E-state index < -0.39 is 11.9 Å². The topological polar surface area (TPSA) is 133 Å². The van der Waals surface area contributed by atoms with E-state index in [1.807, 2.05) is 13.8 Å². The van der Waals surface area contributed by atoms with Crippen LogP contribution in [0.5, 0.6) is 0 Å². The highest BCUT2D eigenvalue weighted by Crippen LogP contribution is 2.33. The van der Waals surface area contributed by atoms with Crippen molar-refractivity contribution in [2.24, 2.45) is 0 Å².